The van der Waals surface area contributed by atoms with Gasteiger partial charge in [-0.1, -0.05) is 30.3 Å². The van der Waals surface area contributed by atoms with Crippen molar-refractivity contribution < 1.29 is 18.7 Å². The zero-order valence-corrected chi connectivity index (χ0v) is 10.5. The lowest BCUT2D eigenvalue weighted by Gasteiger charge is -2.20. The van der Waals surface area contributed by atoms with Crippen molar-refractivity contribution in [3.8, 4) is 0 Å². The number of benzene rings is 1. The van der Waals surface area contributed by atoms with Crippen LogP contribution in [0.3, 0.4) is 0 Å². The van der Waals surface area contributed by atoms with Crippen molar-refractivity contribution in [3.05, 3.63) is 35.9 Å². The Morgan fingerprint density at radius 1 is 1.42 bits per heavy atom. The van der Waals surface area contributed by atoms with Crippen LogP contribution in [-0.2, 0) is 16.1 Å². The van der Waals surface area contributed by atoms with Gasteiger partial charge < -0.3 is 9.47 Å². The molecule has 2 aliphatic rings. The molecule has 1 aromatic rings. The predicted octanol–water partition coefficient (Wildman–Crippen LogP) is 1.99. The van der Waals surface area contributed by atoms with Gasteiger partial charge in [0.2, 0.25) is 0 Å². The molecular formula is C14H16FNO3. The fraction of sp³-hybridized carbons (Fsp3) is 0.500. The molecule has 2 unspecified atom stereocenters. The minimum absolute atomic E-state index is 0.174. The molecule has 1 amide bonds. The van der Waals surface area contributed by atoms with Gasteiger partial charge in [-0.15, -0.1) is 0 Å². The maximum absolute atomic E-state index is 13.5. The molecule has 0 radical (unpaired) electrons. The third kappa shape index (κ3) is 2.56. The van der Waals surface area contributed by atoms with Crippen molar-refractivity contribution in [3.63, 3.8) is 0 Å². The van der Waals surface area contributed by atoms with Gasteiger partial charge in [0.15, 0.2) is 0 Å². The number of fused-ring (bicyclic) bond motifs is 1. The molecule has 0 aromatic heterocycles. The first-order valence-corrected chi connectivity index (χ1v) is 6.46. The number of rotatable bonds is 2. The summed E-state index contributed by atoms with van der Waals surface area (Å²) in [5, 5.41) is 0. The number of alkyl halides is 1. The number of halogens is 1. The molecule has 4 nitrogen and oxygen atoms in total. The van der Waals surface area contributed by atoms with E-state index in [-0.39, 0.29) is 18.6 Å². The summed E-state index contributed by atoms with van der Waals surface area (Å²) in [4.78, 5) is 13.5. The first-order valence-electron chi connectivity index (χ1n) is 6.46. The number of ether oxygens (including phenoxy) is 2. The molecule has 0 spiro atoms. The summed E-state index contributed by atoms with van der Waals surface area (Å²) in [6, 6.07) is 9.09. The highest BCUT2D eigenvalue weighted by Crippen LogP contribution is 2.41. The number of carbonyl (C=O) groups excluding carboxylic acids is 1. The van der Waals surface area contributed by atoms with E-state index in [0.29, 0.717) is 19.8 Å². The van der Waals surface area contributed by atoms with E-state index in [1.807, 2.05) is 30.3 Å². The average Bonchev–Trinajstić information content (AvgIpc) is 3.13. The largest absolute Gasteiger partial charge is 0.445 e. The molecule has 1 aliphatic carbocycles. The molecule has 1 aliphatic heterocycles. The second-order valence-electron chi connectivity index (χ2n) is 4.91. The third-order valence-corrected chi connectivity index (χ3v) is 3.62. The highest BCUT2D eigenvalue weighted by molar-refractivity contribution is 5.69. The maximum atomic E-state index is 13.5. The van der Waals surface area contributed by atoms with Gasteiger partial charge in [-0.2, -0.15) is 0 Å². The molecule has 0 bridgehead atoms. The third-order valence-electron chi connectivity index (χ3n) is 3.62. The first kappa shape index (κ1) is 12.4. The van der Waals surface area contributed by atoms with Crippen LogP contribution >= 0.6 is 0 Å². The smallest absolute Gasteiger partial charge is 0.410 e. The van der Waals surface area contributed by atoms with Crippen molar-refractivity contribution in [2.24, 2.45) is 5.92 Å². The van der Waals surface area contributed by atoms with Crippen LogP contribution in [0.25, 0.3) is 0 Å². The standard InChI is InChI=1S/C14H16FNO3/c15-12-11-9-18-7-6-16(13(11)12)14(17)19-8-10-4-2-1-3-5-10/h1-5,11-13H,6-9H2/t11?,12-,13?/m1/s1. The van der Waals surface area contributed by atoms with E-state index >= 15 is 0 Å². The fourth-order valence-corrected chi connectivity index (χ4v) is 2.46. The van der Waals surface area contributed by atoms with E-state index in [2.05, 4.69) is 0 Å². The van der Waals surface area contributed by atoms with E-state index < -0.39 is 12.3 Å². The summed E-state index contributed by atoms with van der Waals surface area (Å²) in [5.41, 5.74) is 0.922. The van der Waals surface area contributed by atoms with E-state index in [1.165, 1.54) is 4.90 Å². The maximum Gasteiger partial charge on any atom is 0.410 e. The molecular weight excluding hydrogens is 249 g/mol. The molecule has 102 valence electrons. The van der Waals surface area contributed by atoms with E-state index in [0.717, 1.165) is 5.56 Å². The van der Waals surface area contributed by atoms with Crippen LogP contribution in [0.2, 0.25) is 0 Å². The van der Waals surface area contributed by atoms with E-state index in [1.54, 1.807) is 0 Å². The van der Waals surface area contributed by atoms with Crippen LogP contribution in [-0.4, -0.2) is 43.0 Å². The molecule has 1 heterocycles. The van der Waals surface area contributed by atoms with Gasteiger partial charge in [0.1, 0.15) is 12.8 Å². The van der Waals surface area contributed by atoms with Crippen LogP contribution in [0, 0.1) is 5.92 Å². The Balaban J connectivity index is 1.58. The van der Waals surface area contributed by atoms with Crippen molar-refractivity contribution in [1.82, 2.24) is 4.90 Å². The molecule has 3 atom stereocenters. The van der Waals surface area contributed by atoms with Crippen molar-refractivity contribution in [1.29, 1.82) is 0 Å². The van der Waals surface area contributed by atoms with Gasteiger partial charge in [-0.05, 0) is 5.56 Å². The van der Waals surface area contributed by atoms with Crippen LogP contribution in [0.1, 0.15) is 5.56 Å². The molecule has 5 heteroatoms. The molecule has 1 saturated heterocycles. The molecule has 3 rings (SSSR count). The molecule has 1 aromatic carbocycles. The minimum atomic E-state index is -0.968. The second-order valence-corrected chi connectivity index (χ2v) is 4.91. The van der Waals surface area contributed by atoms with Gasteiger partial charge in [0.25, 0.3) is 0 Å². The van der Waals surface area contributed by atoms with Crippen LogP contribution in [0.15, 0.2) is 30.3 Å². The second kappa shape index (κ2) is 5.17. The molecule has 2 fully saturated rings. The SMILES string of the molecule is O=C(OCc1ccccc1)N1CCOCC2C1[C@@H]2F. The van der Waals surface area contributed by atoms with Gasteiger partial charge in [0, 0.05) is 12.5 Å². The Morgan fingerprint density at radius 2 is 2.21 bits per heavy atom. The monoisotopic (exact) mass is 265 g/mol. The topological polar surface area (TPSA) is 38.8 Å². The summed E-state index contributed by atoms with van der Waals surface area (Å²) in [7, 11) is 0. The van der Waals surface area contributed by atoms with Gasteiger partial charge in [-0.3, -0.25) is 4.90 Å². The Bertz CT molecular complexity index is 453. The van der Waals surface area contributed by atoms with Gasteiger partial charge in [0.05, 0.1) is 19.3 Å². The number of amides is 1. The summed E-state index contributed by atoms with van der Waals surface area (Å²) in [6.07, 6.45) is -1.42. The van der Waals surface area contributed by atoms with E-state index in [9.17, 15) is 9.18 Å². The number of carbonyl (C=O) groups is 1. The summed E-state index contributed by atoms with van der Waals surface area (Å²) in [5.74, 6) is -0.174. The lowest BCUT2D eigenvalue weighted by Crippen LogP contribution is -2.36. The van der Waals surface area contributed by atoms with Gasteiger partial charge >= 0.3 is 6.09 Å². The van der Waals surface area contributed by atoms with E-state index in [4.69, 9.17) is 9.47 Å². The van der Waals surface area contributed by atoms with Gasteiger partial charge in [-0.25, -0.2) is 9.18 Å². The highest BCUT2D eigenvalue weighted by Gasteiger charge is 2.57. The summed E-state index contributed by atoms with van der Waals surface area (Å²) >= 11 is 0. The van der Waals surface area contributed by atoms with Crippen LogP contribution in [0.4, 0.5) is 9.18 Å². The molecule has 0 N–H and O–H groups in total. The number of hydrogen-bond acceptors (Lipinski definition) is 3. The normalized spacial score (nSPS) is 29.3. The minimum Gasteiger partial charge on any atom is -0.445 e. The first-order chi connectivity index (χ1) is 9.27. The Labute approximate surface area is 111 Å². The van der Waals surface area contributed by atoms with Crippen LogP contribution in [0.5, 0.6) is 0 Å². The Morgan fingerprint density at radius 3 is 3.00 bits per heavy atom. The zero-order valence-electron chi connectivity index (χ0n) is 10.5. The summed E-state index contributed by atoms with van der Waals surface area (Å²) in [6.45, 7) is 1.45. The molecule has 1 saturated carbocycles. The predicted molar refractivity (Wildman–Crippen MR) is 66.3 cm³/mol. The van der Waals surface area contributed by atoms with Crippen LogP contribution < -0.4 is 0 Å². The lowest BCUT2D eigenvalue weighted by molar-refractivity contribution is 0.0769. The Kier molecular flexibility index (Phi) is 3.38. The van der Waals surface area contributed by atoms with Crippen molar-refractivity contribution in [2.75, 3.05) is 19.8 Å². The lowest BCUT2D eigenvalue weighted by atomic mass is 10.2. The highest BCUT2D eigenvalue weighted by atomic mass is 19.1. The van der Waals surface area contributed by atoms with Crippen molar-refractivity contribution >= 4 is 6.09 Å². The number of hydrogen-bond donors (Lipinski definition) is 0. The average molecular weight is 265 g/mol. The fourth-order valence-electron chi connectivity index (χ4n) is 2.46. The molecule has 19 heavy (non-hydrogen) atoms. The van der Waals surface area contributed by atoms with Crippen molar-refractivity contribution in [2.45, 2.75) is 18.8 Å². The summed E-state index contributed by atoms with van der Waals surface area (Å²) < 4.78 is 24.0. The quantitative estimate of drug-likeness (QED) is 0.821. The number of nitrogens with zero attached hydrogens (tertiary/aromatic N) is 1. The Hall–Kier alpha value is -1.62. The zero-order chi connectivity index (χ0) is 13.2.